The van der Waals surface area contributed by atoms with Crippen molar-refractivity contribution in [3.63, 3.8) is 0 Å². The molecular weight excluding hydrogens is 416 g/mol. The molecule has 0 bridgehead atoms. The zero-order valence-corrected chi connectivity index (χ0v) is 17.9. The number of nitriles is 1. The number of ether oxygens (including phenoxy) is 2. The van der Waals surface area contributed by atoms with Gasteiger partial charge in [-0.05, 0) is 61.2 Å². The average molecular weight is 437 g/mol. The van der Waals surface area contributed by atoms with Crippen LogP contribution in [0.1, 0.15) is 30.9 Å². The minimum atomic E-state index is -1.35. The second-order valence-corrected chi connectivity index (χ2v) is 8.74. The zero-order valence-electron chi connectivity index (χ0n) is 17.2. The monoisotopic (exact) mass is 436 g/mol. The smallest absolute Gasteiger partial charge is 0.265 e. The van der Waals surface area contributed by atoms with Crippen molar-refractivity contribution in [1.29, 1.82) is 5.26 Å². The molecule has 3 aliphatic rings. The molecule has 1 saturated heterocycles. The summed E-state index contributed by atoms with van der Waals surface area (Å²) >= 11 is 6.22. The molecule has 3 aliphatic heterocycles. The van der Waals surface area contributed by atoms with Crippen LogP contribution in [0, 0.1) is 11.3 Å². The highest BCUT2D eigenvalue weighted by Crippen LogP contribution is 2.55. The minimum Gasteiger partial charge on any atom is -0.487 e. The van der Waals surface area contributed by atoms with Crippen LogP contribution in [0.5, 0.6) is 5.75 Å². The molecule has 0 saturated carbocycles. The van der Waals surface area contributed by atoms with Gasteiger partial charge in [-0.3, -0.25) is 9.69 Å². The number of hydrogen-bond acceptors (Lipinski definition) is 6. The van der Waals surface area contributed by atoms with E-state index in [0.717, 1.165) is 24.0 Å². The summed E-state index contributed by atoms with van der Waals surface area (Å²) in [5.74, 6) is 0.483. The highest BCUT2D eigenvalue weighted by atomic mass is 35.5. The summed E-state index contributed by atoms with van der Waals surface area (Å²) in [4.78, 5) is 19.7. The number of amides is 1. The Hall–Kier alpha value is -3.08. The molecule has 2 N–H and O–H groups in total. The van der Waals surface area contributed by atoms with Crippen molar-refractivity contribution in [2.75, 3.05) is 13.7 Å². The third-order valence-electron chi connectivity index (χ3n) is 6.58. The lowest BCUT2D eigenvalue weighted by Gasteiger charge is -2.52. The lowest BCUT2D eigenvalue weighted by atomic mass is 9.68. The number of guanidine groups is 1. The van der Waals surface area contributed by atoms with E-state index in [1.54, 1.807) is 25.2 Å². The molecule has 2 aromatic rings. The van der Waals surface area contributed by atoms with Gasteiger partial charge in [-0.15, -0.1) is 0 Å². The van der Waals surface area contributed by atoms with Gasteiger partial charge in [-0.25, -0.2) is 4.99 Å². The van der Waals surface area contributed by atoms with Crippen molar-refractivity contribution in [3.8, 4) is 22.9 Å². The molecule has 1 fully saturated rings. The molecule has 3 heterocycles. The summed E-state index contributed by atoms with van der Waals surface area (Å²) < 4.78 is 12.6. The molecule has 2 aromatic carbocycles. The highest BCUT2D eigenvalue weighted by Gasteiger charge is 2.68. The number of fused-ring (bicyclic) bond motifs is 4. The Morgan fingerprint density at radius 1 is 1.29 bits per heavy atom. The maximum absolute atomic E-state index is 13.6. The molecule has 158 valence electrons. The van der Waals surface area contributed by atoms with Crippen molar-refractivity contribution in [2.24, 2.45) is 10.7 Å². The Balaban J connectivity index is 1.76. The molecular formula is C23H21ClN4O3. The second-order valence-electron chi connectivity index (χ2n) is 8.30. The summed E-state index contributed by atoms with van der Waals surface area (Å²) in [5.41, 5.74) is 6.37. The van der Waals surface area contributed by atoms with E-state index in [2.05, 4.69) is 6.07 Å². The van der Waals surface area contributed by atoms with Crippen molar-refractivity contribution in [1.82, 2.24) is 4.90 Å². The first-order valence-electron chi connectivity index (χ1n) is 10.1. The number of nitrogens with zero attached hydrogens (tertiary/aromatic N) is 3. The van der Waals surface area contributed by atoms with Gasteiger partial charge in [0.25, 0.3) is 5.91 Å². The molecule has 1 amide bonds. The molecule has 7 nitrogen and oxygen atoms in total. The number of aliphatic imine (C=N–C) groups is 1. The first-order valence-corrected chi connectivity index (χ1v) is 10.5. The predicted octanol–water partition coefficient (Wildman–Crippen LogP) is 3.19. The molecule has 3 atom stereocenters. The Morgan fingerprint density at radius 2 is 2.10 bits per heavy atom. The van der Waals surface area contributed by atoms with Gasteiger partial charge in [0, 0.05) is 24.2 Å². The highest BCUT2D eigenvalue weighted by molar-refractivity contribution is 6.31. The van der Waals surface area contributed by atoms with Gasteiger partial charge >= 0.3 is 0 Å². The van der Waals surface area contributed by atoms with E-state index in [0.29, 0.717) is 28.5 Å². The zero-order chi connectivity index (χ0) is 22.0. The summed E-state index contributed by atoms with van der Waals surface area (Å²) in [6.07, 6.45) is 1.26. The summed E-state index contributed by atoms with van der Waals surface area (Å²) in [5, 5.41) is 9.78. The lowest BCUT2D eigenvalue weighted by molar-refractivity contribution is -0.191. The number of halogens is 1. The minimum absolute atomic E-state index is 0.145. The van der Waals surface area contributed by atoms with E-state index in [1.807, 2.05) is 25.1 Å². The number of benzene rings is 2. The Morgan fingerprint density at radius 3 is 2.81 bits per heavy atom. The second kappa shape index (κ2) is 6.71. The topological polar surface area (TPSA) is 101 Å². The maximum atomic E-state index is 13.6. The first kappa shape index (κ1) is 19.9. The normalized spacial score (nSPS) is 29.1. The number of hydrogen-bond donors (Lipinski definition) is 1. The molecule has 0 aliphatic carbocycles. The molecule has 5 rings (SSSR count). The van der Waals surface area contributed by atoms with Crippen LogP contribution in [0.25, 0.3) is 11.1 Å². The fourth-order valence-electron chi connectivity index (χ4n) is 4.91. The van der Waals surface area contributed by atoms with Crippen molar-refractivity contribution >= 4 is 23.5 Å². The van der Waals surface area contributed by atoms with Crippen molar-refractivity contribution < 1.29 is 14.3 Å². The number of rotatable bonds is 1. The molecule has 0 radical (unpaired) electrons. The molecule has 31 heavy (non-hydrogen) atoms. The van der Waals surface area contributed by atoms with Crippen LogP contribution >= 0.6 is 11.6 Å². The van der Waals surface area contributed by atoms with Crippen LogP contribution in [0.15, 0.2) is 41.4 Å². The number of nitrogens with two attached hydrogens (primary N) is 1. The van der Waals surface area contributed by atoms with Crippen molar-refractivity contribution in [2.45, 2.75) is 37.0 Å². The third kappa shape index (κ3) is 2.62. The Bertz CT molecular complexity index is 1190. The molecule has 8 heteroatoms. The van der Waals surface area contributed by atoms with Crippen LogP contribution in [0.2, 0.25) is 5.02 Å². The van der Waals surface area contributed by atoms with E-state index >= 15 is 0 Å². The first-order chi connectivity index (χ1) is 14.8. The van der Waals surface area contributed by atoms with Gasteiger partial charge in [-0.1, -0.05) is 17.7 Å². The summed E-state index contributed by atoms with van der Waals surface area (Å²) in [6, 6.07) is 12.9. The molecule has 2 unspecified atom stereocenters. The third-order valence-corrected chi connectivity index (χ3v) is 6.80. The van der Waals surface area contributed by atoms with Crippen molar-refractivity contribution in [3.05, 3.63) is 52.5 Å². The quantitative estimate of drug-likeness (QED) is 0.739. The van der Waals surface area contributed by atoms with Gasteiger partial charge in [0.05, 0.1) is 11.6 Å². The van der Waals surface area contributed by atoms with E-state index in [4.69, 9.17) is 31.8 Å². The van der Waals surface area contributed by atoms with Crippen LogP contribution < -0.4 is 10.5 Å². The van der Waals surface area contributed by atoms with E-state index < -0.39 is 11.1 Å². The van der Waals surface area contributed by atoms with Crippen LogP contribution in [-0.4, -0.2) is 42.1 Å². The average Bonchev–Trinajstić information content (AvgIpc) is 2.99. The number of carbonyl (C=O) groups excluding carboxylic acids is 1. The SMILES string of the molecule is CN1C(=O)[C@]2(N=C1N)c1cc(-c3cc(Cl)cc(C#N)c3)ccc1OC1CCCOC12C. The fourth-order valence-corrected chi connectivity index (χ4v) is 5.14. The lowest BCUT2D eigenvalue weighted by Crippen LogP contribution is -2.67. The number of likely N-dealkylation sites (N-methyl/N-ethyl adjacent to an activating group) is 1. The van der Waals surface area contributed by atoms with E-state index in [9.17, 15) is 10.1 Å². The summed E-state index contributed by atoms with van der Waals surface area (Å²) in [7, 11) is 1.62. The standard InChI is InChI=1S/C23H21ClN4O3/c1-22-19(4-3-7-30-22)31-18-6-5-14(15-8-13(12-25)9-16(24)10-15)11-17(18)23(22)20(29)28(2)21(26)27-23/h5-6,8-11,19H,3-4,7H2,1-2H3,(H2,26,27)/t19?,22?,23-/m1/s1. The maximum Gasteiger partial charge on any atom is 0.265 e. The largest absolute Gasteiger partial charge is 0.487 e. The van der Waals surface area contributed by atoms with Gasteiger partial charge < -0.3 is 15.2 Å². The van der Waals surface area contributed by atoms with Crippen LogP contribution in [0.3, 0.4) is 0 Å². The molecule has 1 spiro atoms. The van der Waals surface area contributed by atoms with Gasteiger partial charge in [0.15, 0.2) is 5.96 Å². The van der Waals surface area contributed by atoms with E-state index in [1.165, 1.54) is 4.90 Å². The van der Waals surface area contributed by atoms with Gasteiger partial charge in [0.1, 0.15) is 17.5 Å². The fraction of sp³-hybridized carbons (Fsp3) is 0.348. The van der Waals surface area contributed by atoms with Crippen LogP contribution in [-0.2, 0) is 15.1 Å². The predicted molar refractivity (Wildman–Crippen MR) is 116 cm³/mol. The van der Waals surface area contributed by atoms with Gasteiger partial charge in [-0.2, -0.15) is 5.26 Å². The van der Waals surface area contributed by atoms with Gasteiger partial charge in [0.2, 0.25) is 5.54 Å². The van der Waals surface area contributed by atoms with E-state index in [-0.39, 0.29) is 18.0 Å². The number of carbonyl (C=O) groups is 1. The summed E-state index contributed by atoms with van der Waals surface area (Å²) in [6.45, 7) is 2.40. The molecule has 0 aromatic heterocycles. The Labute approximate surface area is 185 Å². The van der Waals surface area contributed by atoms with Crippen LogP contribution in [0.4, 0.5) is 0 Å². The Kier molecular flexibility index (Phi) is 4.30.